The van der Waals surface area contributed by atoms with Crippen molar-refractivity contribution < 1.29 is 9.59 Å². The molecule has 3 N–H and O–H groups in total. The van der Waals surface area contributed by atoms with Gasteiger partial charge in [0.05, 0.1) is 23.6 Å². The van der Waals surface area contributed by atoms with Crippen molar-refractivity contribution in [3.63, 3.8) is 0 Å². The maximum atomic E-state index is 12.4. The second-order valence-electron chi connectivity index (χ2n) is 6.94. The highest BCUT2D eigenvalue weighted by atomic mass is 16.2. The van der Waals surface area contributed by atoms with Crippen LogP contribution in [0.15, 0.2) is 54.6 Å². The van der Waals surface area contributed by atoms with Crippen LogP contribution in [0.4, 0.5) is 0 Å². The summed E-state index contributed by atoms with van der Waals surface area (Å²) in [6, 6.07) is 16.4. The Hall–Kier alpha value is -3.15. The van der Waals surface area contributed by atoms with Gasteiger partial charge in [0.25, 0.3) is 5.91 Å². The Morgan fingerprint density at radius 1 is 1.04 bits per heavy atom. The summed E-state index contributed by atoms with van der Waals surface area (Å²) in [5.41, 5.74) is 2.34. The van der Waals surface area contributed by atoms with Gasteiger partial charge in [-0.15, -0.1) is 0 Å². The van der Waals surface area contributed by atoms with E-state index in [0.717, 1.165) is 23.3 Å². The Balaban J connectivity index is 1.65. The van der Waals surface area contributed by atoms with Crippen molar-refractivity contribution in [3.8, 4) is 0 Å². The predicted octanol–water partition coefficient (Wildman–Crippen LogP) is 3.20. The number of H-pyrrole nitrogens is 1. The standard InChI is InChI=1S/C21H24N4O2/c1-14(2)12-18(20-24-16-10-6-7-11-17(16)25-20)23-19(26)13-22-21(27)15-8-4-3-5-9-15/h3-11,14,18H,12-13H2,1-2H3,(H,22,27)(H,23,26)(H,24,25)/t18-/m1/s1. The summed E-state index contributed by atoms with van der Waals surface area (Å²) in [6.45, 7) is 4.11. The molecule has 0 radical (unpaired) electrons. The highest BCUT2D eigenvalue weighted by Crippen LogP contribution is 2.21. The van der Waals surface area contributed by atoms with E-state index in [4.69, 9.17) is 0 Å². The molecule has 2 amide bonds. The first-order valence-corrected chi connectivity index (χ1v) is 9.10. The zero-order valence-electron chi connectivity index (χ0n) is 15.5. The highest BCUT2D eigenvalue weighted by Gasteiger charge is 2.20. The third kappa shape index (κ3) is 4.94. The van der Waals surface area contributed by atoms with Crippen molar-refractivity contribution in [3.05, 3.63) is 66.0 Å². The van der Waals surface area contributed by atoms with Gasteiger partial charge in [0.2, 0.25) is 5.91 Å². The van der Waals surface area contributed by atoms with Crippen LogP contribution in [-0.4, -0.2) is 28.3 Å². The molecule has 0 fully saturated rings. The molecule has 140 valence electrons. The quantitative estimate of drug-likeness (QED) is 0.602. The number of para-hydroxylation sites is 2. The molecule has 2 aromatic carbocycles. The number of hydrogen-bond donors (Lipinski definition) is 3. The van der Waals surface area contributed by atoms with E-state index in [0.29, 0.717) is 11.5 Å². The predicted molar refractivity (Wildman–Crippen MR) is 105 cm³/mol. The van der Waals surface area contributed by atoms with Gasteiger partial charge >= 0.3 is 0 Å². The van der Waals surface area contributed by atoms with Gasteiger partial charge in [0.15, 0.2) is 0 Å². The summed E-state index contributed by atoms with van der Waals surface area (Å²) >= 11 is 0. The number of nitrogens with zero attached hydrogens (tertiary/aromatic N) is 1. The van der Waals surface area contributed by atoms with Gasteiger partial charge in [-0.25, -0.2) is 4.98 Å². The number of imidazole rings is 1. The molecule has 3 aromatic rings. The summed E-state index contributed by atoms with van der Waals surface area (Å²) < 4.78 is 0. The minimum atomic E-state index is -0.269. The molecule has 0 aliphatic heterocycles. The molecule has 27 heavy (non-hydrogen) atoms. The topological polar surface area (TPSA) is 86.9 Å². The van der Waals surface area contributed by atoms with Crippen LogP contribution in [0.5, 0.6) is 0 Å². The third-order valence-electron chi connectivity index (χ3n) is 4.23. The fourth-order valence-corrected chi connectivity index (χ4v) is 2.95. The number of carbonyl (C=O) groups is 2. The van der Waals surface area contributed by atoms with Gasteiger partial charge < -0.3 is 15.6 Å². The fourth-order valence-electron chi connectivity index (χ4n) is 2.95. The zero-order valence-corrected chi connectivity index (χ0v) is 15.5. The van der Waals surface area contributed by atoms with Crippen LogP contribution in [0, 0.1) is 5.92 Å². The van der Waals surface area contributed by atoms with Crippen molar-refractivity contribution in [1.29, 1.82) is 0 Å². The van der Waals surface area contributed by atoms with Crippen molar-refractivity contribution in [2.45, 2.75) is 26.3 Å². The van der Waals surface area contributed by atoms with E-state index in [2.05, 4.69) is 34.4 Å². The van der Waals surface area contributed by atoms with Gasteiger partial charge in [-0.05, 0) is 36.6 Å². The molecule has 0 unspecified atom stereocenters. The van der Waals surface area contributed by atoms with Crippen LogP contribution < -0.4 is 10.6 Å². The van der Waals surface area contributed by atoms with E-state index in [1.807, 2.05) is 30.3 Å². The van der Waals surface area contributed by atoms with Gasteiger partial charge in [-0.2, -0.15) is 0 Å². The number of carbonyl (C=O) groups excluding carboxylic acids is 2. The summed E-state index contributed by atoms with van der Waals surface area (Å²) in [7, 11) is 0. The molecule has 6 nitrogen and oxygen atoms in total. The van der Waals surface area contributed by atoms with Crippen LogP contribution in [-0.2, 0) is 4.79 Å². The number of fused-ring (bicyclic) bond motifs is 1. The van der Waals surface area contributed by atoms with Crippen molar-refractivity contribution in [1.82, 2.24) is 20.6 Å². The number of aromatic nitrogens is 2. The second-order valence-corrected chi connectivity index (χ2v) is 6.94. The van der Waals surface area contributed by atoms with Crippen LogP contribution in [0.1, 0.15) is 42.5 Å². The van der Waals surface area contributed by atoms with Crippen molar-refractivity contribution >= 4 is 22.8 Å². The number of hydrogen-bond acceptors (Lipinski definition) is 3. The average Bonchev–Trinajstić information content (AvgIpc) is 3.10. The number of benzene rings is 2. The number of nitrogens with one attached hydrogen (secondary N) is 3. The number of aromatic amines is 1. The summed E-state index contributed by atoms with van der Waals surface area (Å²) in [5, 5.41) is 5.64. The maximum absolute atomic E-state index is 12.4. The first kappa shape index (κ1) is 18.6. The Labute approximate surface area is 158 Å². The lowest BCUT2D eigenvalue weighted by Crippen LogP contribution is -2.39. The smallest absolute Gasteiger partial charge is 0.251 e. The first-order chi connectivity index (χ1) is 13.0. The molecule has 1 heterocycles. The molecule has 1 atom stereocenters. The monoisotopic (exact) mass is 364 g/mol. The normalized spacial score (nSPS) is 12.1. The van der Waals surface area contributed by atoms with Crippen LogP contribution in [0.3, 0.4) is 0 Å². The van der Waals surface area contributed by atoms with Crippen LogP contribution in [0.25, 0.3) is 11.0 Å². The molecule has 0 aliphatic carbocycles. The lowest BCUT2D eigenvalue weighted by molar-refractivity contribution is -0.121. The number of rotatable bonds is 7. The van der Waals surface area contributed by atoms with E-state index in [1.54, 1.807) is 24.3 Å². The molecule has 0 saturated heterocycles. The lowest BCUT2D eigenvalue weighted by atomic mass is 10.0. The molecule has 0 spiro atoms. The van der Waals surface area contributed by atoms with Gasteiger partial charge in [0, 0.05) is 5.56 Å². The zero-order chi connectivity index (χ0) is 19.2. The van der Waals surface area contributed by atoms with Crippen LogP contribution in [0.2, 0.25) is 0 Å². The largest absolute Gasteiger partial charge is 0.345 e. The van der Waals surface area contributed by atoms with E-state index in [9.17, 15) is 9.59 Å². The molecule has 0 aliphatic rings. The molecular weight excluding hydrogens is 340 g/mol. The van der Waals surface area contributed by atoms with E-state index < -0.39 is 0 Å². The summed E-state index contributed by atoms with van der Waals surface area (Å²) in [4.78, 5) is 32.4. The minimum Gasteiger partial charge on any atom is -0.345 e. The van der Waals surface area contributed by atoms with Gasteiger partial charge in [-0.3, -0.25) is 9.59 Å². The fraction of sp³-hybridized carbons (Fsp3) is 0.286. The van der Waals surface area contributed by atoms with Crippen molar-refractivity contribution in [2.24, 2.45) is 5.92 Å². The average molecular weight is 364 g/mol. The Morgan fingerprint density at radius 3 is 2.44 bits per heavy atom. The van der Waals surface area contributed by atoms with E-state index in [1.165, 1.54) is 0 Å². The Bertz CT molecular complexity index is 885. The Morgan fingerprint density at radius 2 is 1.74 bits per heavy atom. The summed E-state index contributed by atoms with van der Waals surface area (Å²) in [6.07, 6.45) is 0.748. The van der Waals surface area contributed by atoms with Gasteiger partial charge in [0.1, 0.15) is 5.82 Å². The lowest BCUT2D eigenvalue weighted by Gasteiger charge is -2.19. The summed E-state index contributed by atoms with van der Waals surface area (Å²) in [5.74, 6) is 0.593. The molecule has 1 aromatic heterocycles. The second kappa shape index (κ2) is 8.49. The molecule has 0 saturated carbocycles. The molecule has 0 bridgehead atoms. The highest BCUT2D eigenvalue weighted by molar-refractivity contribution is 5.96. The number of amides is 2. The molecular formula is C21H24N4O2. The molecule has 3 rings (SSSR count). The molecule has 6 heteroatoms. The van der Waals surface area contributed by atoms with E-state index >= 15 is 0 Å². The maximum Gasteiger partial charge on any atom is 0.251 e. The minimum absolute atomic E-state index is 0.0808. The SMILES string of the molecule is CC(C)C[C@@H](NC(=O)CNC(=O)c1ccccc1)c1nc2ccccc2[nH]1. The van der Waals surface area contributed by atoms with E-state index in [-0.39, 0.29) is 24.4 Å². The van der Waals surface area contributed by atoms with Crippen molar-refractivity contribution in [2.75, 3.05) is 6.54 Å². The third-order valence-corrected chi connectivity index (χ3v) is 4.23. The Kier molecular flexibility index (Phi) is 5.86. The first-order valence-electron chi connectivity index (χ1n) is 9.10. The van der Waals surface area contributed by atoms with Gasteiger partial charge in [-0.1, -0.05) is 44.2 Å². The van der Waals surface area contributed by atoms with Crippen LogP contribution >= 0.6 is 0 Å².